The van der Waals surface area contributed by atoms with Gasteiger partial charge in [0.1, 0.15) is 0 Å². The Labute approximate surface area is 98.4 Å². The minimum Gasteiger partial charge on any atom is -0.784 e. The molecule has 0 radical (unpaired) electrons. The number of rotatable bonds is 3. The quantitative estimate of drug-likeness (QED) is 0.635. The van der Waals surface area contributed by atoms with Crippen molar-refractivity contribution in [1.82, 2.24) is 0 Å². The maximum atomic E-state index is 8.44. The summed E-state index contributed by atoms with van der Waals surface area (Å²) in [4.78, 5) is 2.29. The van der Waals surface area contributed by atoms with Crippen LogP contribution in [-0.4, -0.2) is 26.4 Å². The highest BCUT2D eigenvalue weighted by Crippen LogP contribution is 2.15. The van der Waals surface area contributed by atoms with Gasteiger partial charge in [-0.3, -0.25) is 4.21 Å². The van der Waals surface area contributed by atoms with Crippen LogP contribution in [0, 0.1) is 0 Å². The van der Waals surface area contributed by atoms with Gasteiger partial charge in [0.2, 0.25) is 0 Å². The topological polar surface area (TPSA) is 92.5 Å². The molecule has 6 heteroatoms. The minimum absolute atomic E-state index is 0.825. The molecule has 0 unspecified atom stereocenters. The highest BCUT2D eigenvalue weighted by molar-refractivity contribution is 7.72. The van der Waals surface area contributed by atoms with E-state index >= 15 is 0 Å². The summed E-state index contributed by atoms with van der Waals surface area (Å²) in [5.74, 6) is 0. The Balaban J connectivity index is 0.000000487. The molecule has 92 valence electrons. The fourth-order valence-electron chi connectivity index (χ4n) is 1.27. The Hall–Kier alpha value is -1.11. The van der Waals surface area contributed by atoms with Crippen LogP contribution in [0.25, 0.3) is 0 Å². The molecular formula is C10H16N2O3S-2. The fourth-order valence-corrected chi connectivity index (χ4v) is 1.27. The number of hydrogen-bond acceptors (Lipinski definition) is 5. The van der Waals surface area contributed by atoms with Gasteiger partial charge >= 0.3 is 0 Å². The summed E-state index contributed by atoms with van der Waals surface area (Å²) in [7, 11) is 0. The highest BCUT2D eigenvalue weighted by Gasteiger charge is 1.99. The van der Waals surface area contributed by atoms with Crippen LogP contribution in [0.4, 0.5) is 11.4 Å². The average Bonchev–Trinajstić information content (AvgIpc) is 2.22. The Kier molecular flexibility index (Phi) is 7.53. The van der Waals surface area contributed by atoms with Gasteiger partial charge in [-0.1, -0.05) is 0 Å². The monoisotopic (exact) mass is 244 g/mol. The average molecular weight is 244 g/mol. The summed E-state index contributed by atoms with van der Waals surface area (Å²) in [6.07, 6.45) is 0. The van der Waals surface area contributed by atoms with Crippen LogP contribution >= 0.6 is 0 Å². The highest BCUT2D eigenvalue weighted by atomic mass is 32.2. The van der Waals surface area contributed by atoms with Crippen molar-refractivity contribution in [2.75, 3.05) is 23.7 Å². The van der Waals surface area contributed by atoms with Crippen molar-refractivity contribution >= 4 is 22.7 Å². The number of nitrogens with zero attached hydrogens (tertiary/aromatic N) is 1. The largest absolute Gasteiger partial charge is 0.784 e. The van der Waals surface area contributed by atoms with Gasteiger partial charge in [0.25, 0.3) is 0 Å². The van der Waals surface area contributed by atoms with Crippen LogP contribution in [0.2, 0.25) is 0 Å². The lowest BCUT2D eigenvalue weighted by Gasteiger charge is -2.20. The van der Waals surface area contributed by atoms with Crippen molar-refractivity contribution in [3.8, 4) is 0 Å². The van der Waals surface area contributed by atoms with E-state index in [1.807, 2.05) is 12.1 Å². The zero-order valence-corrected chi connectivity index (χ0v) is 10.2. The van der Waals surface area contributed by atoms with E-state index in [1.54, 1.807) is 0 Å². The van der Waals surface area contributed by atoms with E-state index in [9.17, 15) is 0 Å². The number of benzene rings is 1. The fraction of sp³-hybridized carbons (Fsp3) is 0.400. The van der Waals surface area contributed by atoms with E-state index in [0.717, 1.165) is 18.8 Å². The summed E-state index contributed by atoms with van der Waals surface area (Å²) >= 11 is -3.11. The normalized spacial score (nSPS) is 9.56. The first-order valence-corrected chi connectivity index (χ1v) is 5.88. The molecule has 1 aromatic rings. The standard InChI is InChI=1S/C10H16N2.H2O3S/c1-3-12(4-2)10-7-5-9(11)6-8-10;1-4(2)3/h5-8H,3-4,11H2,1-2H3;(H2,1,2,3)/p-2. The first-order chi connectivity index (χ1) is 7.51. The molecule has 1 aromatic carbocycles. The maximum Gasteiger partial charge on any atom is 0.0367 e. The van der Waals surface area contributed by atoms with Gasteiger partial charge in [-0.15, -0.1) is 11.4 Å². The zero-order chi connectivity index (χ0) is 12.6. The molecule has 0 saturated carbocycles. The lowest BCUT2D eigenvalue weighted by Crippen LogP contribution is -2.21. The molecule has 0 amide bonds. The van der Waals surface area contributed by atoms with Crippen molar-refractivity contribution in [2.45, 2.75) is 13.8 Å². The molecule has 0 spiro atoms. The molecule has 0 aromatic heterocycles. The van der Waals surface area contributed by atoms with E-state index in [2.05, 4.69) is 30.9 Å². The molecule has 1 rings (SSSR count). The molecule has 0 aliphatic heterocycles. The Morgan fingerprint density at radius 2 is 1.56 bits per heavy atom. The van der Waals surface area contributed by atoms with E-state index < -0.39 is 11.4 Å². The Morgan fingerprint density at radius 1 is 1.19 bits per heavy atom. The van der Waals surface area contributed by atoms with Crippen LogP contribution in [-0.2, 0) is 11.4 Å². The van der Waals surface area contributed by atoms with E-state index in [1.165, 1.54) is 5.69 Å². The van der Waals surface area contributed by atoms with E-state index in [0.29, 0.717) is 0 Å². The smallest absolute Gasteiger partial charge is 0.0367 e. The minimum atomic E-state index is -3.11. The molecule has 5 nitrogen and oxygen atoms in total. The van der Waals surface area contributed by atoms with Crippen LogP contribution in [0.1, 0.15) is 13.8 Å². The van der Waals surface area contributed by atoms with Crippen LogP contribution in [0.5, 0.6) is 0 Å². The zero-order valence-electron chi connectivity index (χ0n) is 9.38. The van der Waals surface area contributed by atoms with Gasteiger partial charge in [-0.2, -0.15) is 0 Å². The third-order valence-electron chi connectivity index (χ3n) is 2.02. The van der Waals surface area contributed by atoms with E-state index in [-0.39, 0.29) is 0 Å². The molecule has 0 fully saturated rings. The number of anilines is 2. The predicted octanol–water partition coefficient (Wildman–Crippen LogP) is 1.11. The lowest BCUT2D eigenvalue weighted by atomic mass is 10.2. The first kappa shape index (κ1) is 14.9. The molecule has 2 N–H and O–H groups in total. The van der Waals surface area contributed by atoms with Gasteiger partial charge in [-0.25, -0.2) is 0 Å². The van der Waals surface area contributed by atoms with Crippen molar-refractivity contribution in [3.05, 3.63) is 24.3 Å². The summed E-state index contributed by atoms with van der Waals surface area (Å²) in [5, 5.41) is 0. The second-order valence-corrected chi connectivity index (χ2v) is 3.38. The summed E-state index contributed by atoms with van der Waals surface area (Å²) in [5.41, 5.74) is 7.66. The van der Waals surface area contributed by atoms with Crippen molar-refractivity contribution in [2.24, 2.45) is 0 Å². The van der Waals surface area contributed by atoms with Crippen molar-refractivity contribution in [3.63, 3.8) is 0 Å². The summed E-state index contributed by atoms with van der Waals surface area (Å²) in [6.45, 7) is 6.39. The summed E-state index contributed by atoms with van der Waals surface area (Å²) in [6, 6.07) is 7.99. The third-order valence-corrected chi connectivity index (χ3v) is 2.02. The maximum absolute atomic E-state index is 8.44. The Bertz CT molecular complexity index is 308. The lowest BCUT2D eigenvalue weighted by molar-refractivity contribution is 0.419. The number of nitrogens with two attached hydrogens (primary N) is 1. The van der Waals surface area contributed by atoms with Crippen molar-refractivity contribution < 1.29 is 13.3 Å². The van der Waals surface area contributed by atoms with Gasteiger partial charge in [0, 0.05) is 24.5 Å². The van der Waals surface area contributed by atoms with Gasteiger partial charge in [-0.05, 0) is 38.1 Å². The van der Waals surface area contributed by atoms with E-state index in [4.69, 9.17) is 19.0 Å². The molecule has 0 bridgehead atoms. The van der Waals surface area contributed by atoms with Gasteiger partial charge in [0.15, 0.2) is 0 Å². The van der Waals surface area contributed by atoms with Crippen molar-refractivity contribution in [1.29, 1.82) is 0 Å². The second kappa shape index (κ2) is 8.09. The summed E-state index contributed by atoms with van der Waals surface area (Å²) < 4.78 is 25.3. The first-order valence-electron chi connectivity index (χ1n) is 4.88. The Morgan fingerprint density at radius 3 is 1.88 bits per heavy atom. The predicted molar refractivity (Wildman–Crippen MR) is 64.1 cm³/mol. The van der Waals surface area contributed by atoms with Gasteiger partial charge in [0.05, 0.1) is 0 Å². The molecule has 16 heavy (non-hydrogen) atoms. The molecule has 0 aliphatic rings. The second-order valence-electron chi connectivity index (χ2n) is 2.97. The van der Waals surface area contributed by atoms with Crippen LogP contribution < -0.4 is 10.6 Å². The van der Waals surface area contributed by atoms with Gasteiger partial charge < -0.3 is 19.7 Å². The molecule has 0 aliphatic carbocycles. The molecular weight excluding hydrogens is 228 g/mol. The molecule has 0 heterocycles. The molecule has 0 saturated heterocycles. The van der Waals surface area contributed by atoms with Crippen LogP contribution in [0.3, 0.4) is 0 Å². The molecule has 0 atom stereocenters. The number of hydrogen-bond donors (Lipinski definition) is 1. The van der Waals surface area contributed by atoms with Crippen LogP contribution in [0.15, 0.2) is 24.3 Å². The third kappa shape index (κ3) is 6.39. The SMILES string of the molecule is CCN(CC)c1ccc(N)cc1.O=S([O-])[O-]. The number of nitrogen functional groups attached to an aromatic ring is 1.